The van der Waals surface area contributed by atoms with Crippen molar-refractivity contribution in [3.05, 3.63) is 28.8 Å². The topological polar surface area (TPSA) is 20.3 Å². The van der Waals surface area contributed by atoms with E-state index in [0.29, 0.717) is 5.91 Å². The van der Waals surface area contributed by atoms with E-state index in [9.17, 15) is 4.79 Å². The molecule has 3 heteroatoms. The van der Waals surface area contributed by atoms with Crippen LogP contribution in [0.25, 0.3) is 0 Å². The number of carbonyl (C=O) groups excluding carboxylic acids is 1. The van der Waals surface area contributed by atoms with E-state index >= 15 is 0 Å². The van der Waals surface area contributed by atoms with Gasteiger partial charge in [0.2, 0.25) is 0 Å². The van der Waals surface area contributed by atoms with Gasteiger partial charge in [-0.05, 0) is 70.9 Å². The molecule has 1 unspecified atom stereocenters. The molecule has 2 aliphatic heterocycles. The normalized spacial score (nSPS) is 24.2. The van der Waals surface area contributed by atoms with Crippen LogP contribution in [0.1, 0.15) is 62.1 Å². The number of piperidine rings is 1. The number of amides is 1. The molecule has 0 aliphatic carbocycles. The Morgan fingerprint density at radius 2 is 1.60 bits per heavy atom. The molecule has 3 nitrogen and oxygen atoms in total. The number of carbonyl (C=O) groups is 1. The lowest BCUT2D eigenvalue weighted by Gasteiger charge is -2.47. The van der Waals surface area contributed by atoms with Crippen molar-refractivity contribution in [3.8, 4) is 0 Å². The number of nitrogens with zero attached hydrogens (tertiary/aromatic N) is 2. The Bertz CT molecular complexity index is 606. The SMILES string of the molecule is CC[N+]1(C2CCCN(c3c(C)cc(C)cc3C)C2=O)CCCCCC1. The molecule has 0 saturated carbocycles. The minimum Gasteiger partial charge on any atom is -0.314 e. The van der Waals surface area contributed by atoms with Crippen molar-refractivity contribution in [2.24, 2.45) is 0 Å². The molecule has 1 aromatic carbocycles. The van der Waals surface area contributed by atoms with Crippen LogP contribution >= 0.6 is 0 Å². The van der Waals surface area contributed by atoms with E-state index in [1.807, 2.05) is 0 Å². The second kappa shape index (κ2) is 7.49. The van der Waals surface area contributed by atoms with Gasteiger partial charge in [0.15, 0.2) is 6.04 Å². The highest BCUT2D eigenvalue weighted by Crippen LogP contribution is 2.34. The van der Waals surface area contributed by atoms with E-state index in [0.717, 1.165) is 30.4 Å². The number of rotatable bonds is 3. The number of hydrogen-bond donors (Lipinski definition) is 0. The van der Waals surface area contributed by atoms with E-state index in [2.05, 4.69) is 44.7 Å². The summed E-state index contributed by atoms with van der Waals surface area (Å²) in [7, 11) is 0. The van der Waals surface area contributed by atoms with Crippen LogP contribution in [0, 0.1) is 20.8 Å². The van der Waals surface area contributed by atoms with Crippen LogP contribution in [0.2, 0.25) is 0 Å². The van der Waals surface area contributed by atoms with Crippen molar-refractivity contribution in [2.75, 3.05) is 31.1 Å². The van der Waals surface area contributed by atoms with Crippen molar-refractivity contribution in [1.82, 2.24) is 0 Å². The second-order valence-electron chi connectivity index (χ2n) is 8.29. The van der Waals surface area contributed by atoms with Gasteiger partial charge in [-0.25, -0.2) is 0 Å². The molecule has 2 saturated heterocycles. The molecule has 1 aromatic rings. The third-order valence-electron chi connectivity index (χ3n) is 6.56. The van der Waals surface area contributed by atoms with E-state index in [4.69, 9.17) is 0 Å². The number of benzene rings is 1. The van der Waals surface area contributed by atoms with E-state index in [-0.39, 0.29) is 6.04 Å². The lowest BCUT2D eigenvalue weighted by Crippen LogP contribution is -2.64. The number of hydrogen-bond acceptors (Lipinski definition) is 1. The molecule has 0 aromatic heterocycles. The highest BCUT2D eigenvalue weighted by atomic mass is 16.2. The average Bonchev–Trinajstić information content (AvgIpc) is 2.82. The van der Waals surface area contributed by atoms with Crippen molar-refractivity contribution in [1.29, 1.82) is 0 Å². The molecule has 2 fully saturated rings. The molecule has 1 atom stereocenters. The zero-order valence-corrected chi connectivity index (χ0v) is 16.6. The summed E-state index contributed by atoms with van der Waals surface area (Å²) in [5, 5.41) is 0. The van der Waals surface area contributed by atoms with Gasteiger partial charge < -0.3 is 9.38 Å². The number of likely N-dealkylation sites (N-methyl/N-ethyl adjacent to an activating group) is 1. The first kappa shape index (κ1) is 18.4. The monoisotopic (exact) mass is 343 g/mol. The van der Waals surface area contributed by atoms with Gasteiger partial charge >= 0.3 is 0 Å². The molecule has 1 amide bonds. The predicted molar refractivity (Wildman–Crippen MR) is 105 cm³/mol. The molecule has 25 heavy (non-hydrogen) atoms. The minimum atomic E-state index is 0.164. The summed E-state index contributed by atoms with van der Waals surface area (Å²) in [6, 6.07) is 4.60. The van der Waals surface area contributed by atoms with E-state index in [1.165, 1.54) is 61.2 Å². The first-order valence-electron chi connectivity index (χ1n) is 10.2. The van der Waals surface area contributed by atoms with Gasteiger partial charge in [-0.3, -0.25) is 4.79 Å². The molecule has 0 N–H and O–H groups in total. The standard InChI is InChI=1S/C22H35N2O/c1-5-24(13-8-6-7-9-14-24)20-11-10-12-23(22(20)25)21-18(3)15-17(2)16-19(21)4/h15-16,20H,5-14H2,1-4H3/q+1. The minimum absolute atomic E-state index is 0.164. The summed E-state index contributed by atoms with van der Waals surface area (Å²) in [4.78, 5) is 15.7. The maximum atomic E-state index is 13.6. The number of quaternary nitrogens is 1. The van der Waals surface area contributed by atoms with Gasteiger partial charge in [0, 0.05) is 18.7 Å². The summed E-state index contributed by atoms with van der Waals surface area (Å²) < 4.78 is 1.03. The molecule has 0 bridgehead atoms. The van der Waals surface area contributed by atoms with Crippen molar-refractivity contribution < 1.29 is 9.28 Å². The fourth-order valence-electron chi connectivity index (χ4n) is 5.35. The van der Waals surface area contributed by atoms with Gasteiger partial charge in [0.1, 0.15) is 0 Å². The van der Waals surface area contributed by atoms with Gasteiger partial charge in [-0.15, -0.1) is 0 Å². The summed E-state index contributed by atoms with van der Waals surface area (Å²) in [5.74, 6) is 0.380. The Balaban J connectivity index is 1.93. The van der Waals surface area contributed by atoms with Gasteiger partial charge in [0.25, 0.3) is 5.91 Å². The third-order valence-corrected chi connectivity index (χ3v) is 6.56. The zero-order chi connectivity index (χ0) is 18.0. The van der Waals surface area contributed by atoms with Gasteiger partial charge in [0.05, 0.1) is 19.6 Å². The molecule has 2 heterocycles. The van der Waals surface area contributed by atoms with Crippen molar-refractivity contribution in [3.63, 3.8) is 0 Å². The molecule has 2 aliphatic rings. The fourth-order valence-corrected chi connectivity index (χ4v) is 5.35. The average molecular weight is 344 g/mol. The predicted octanol–water partition coefficient (Wildman–Crippen LogP) is 4.52. The fraction of sp³-hybridized carbons (Fsp3) is 0.682. The highest BCUT2D eigenvalue weighted by Gasteiger charge is 2.45. The smallest absolute Gasteiger partial charge is 0.285 e. The van der Waals surface area contributed by atoms with Crippen LogP contribution in [-0.2, 0) is 4.79 Å². The number of likely N-dealkylation sites (tertiary alicyclic amines) is 1. The van der Waals surface area contributed by atoms with E-state index in [1.54, 1.807) is 0 Å². The summed E-state index contributed by atoms with van der Waals surface area (Å²) in [5.41, 5.74) is 4.93. The Hall–Kier alpha value is -1.35. The van der Waals surface area contributed by atoms with Crippen LogP contribution in [0.3, 0.4) is 0 Å². The maximum absolute atomic E-state index is 13.6. The van der Waals surface area contributed by atoms with Crippen molar-refractivity contribution in [2.45, 2.75) is 72.3 Å². The van der Waals surface area contributed by atoms with Crippen molar-refractivity contribution >= 4 is 11.6 Å². The number of anilines is 1. The summed E-state index contributed by atoms with van der Waals surface area (Å²) in [6.07, 6.45) is 7.41. The summed E-state index contributed by atoms with van der Waals surface area (Å²) in [6.45, 7) is 13.1. The largest absolute Gasteiger partial charge is 0.314 e. The quantitative estimate of drug-likeness (QED) is 0.739. The third kappa shape index (κ3) is 3.48. The molecule has 0 radical (unpaired) electrons. The van der Waals surface area contributed by atoms with Crippen LogP contribution in [0.5, 0.6) is 0 Å². The van der Waals surface area contributed by atoms with E-state index < -0.39 is 0 Å². The molecule has 138 valence electrons. The highest BCUT2D eigenvalue weighted by molar-refractivity contribution is 5.98. The Morgan fingerprint density at radius 1 is 1.00 bits per heavy atom. The Kier molecular flexibility index (Phi) is 5.52. The lowest BCUT2D eigenvalue weighted by atomic mass is 9.96. The first-order valence-corrected chi connectivity index (χ1v) is 10.2. The molecule has 3 rings (SSSR count). The molecular formula is C22H35N2O+. The zero-order valence-electron chi connectivity index (χ0n) is 16.6. The Labute approximate surface area is 153 Å². The summed E-state index contributed by atoms with van der Waals surface area (Å²) >= 11 is 0. The van der Waals surface area contributed by atoms with Crippen LogP contribution in [0.15, 0.2) is 12.1 Å². The maximum Gasteiger partial charge on any atom is 0.285 e. The number of aryl methyl sites for hydroxylation is 3. The molecule has 0 spiro atoms. The first-order chi connectivity index (χ1) is 12.0. The lowest BCUT2D eigenvalue weighted by molar-refractivity contribution is -0.941. The molecular weight excluding hydrogens is 308 g/mol. The Morgan fingerprint density at radius 3 is 2.16 bits per heavy atom. The van der Waals surface area contributed by atoms with Crippen LogP contribution in [0.4, 0.5) is 5.69 Å². The van der Waals surface area contributed by atoms with Gasteiger partial charge in [-0.1, -0.05) is 17.7 Å². The van der Waals surface area contributed by atoms with Gasteiger partial charge in [-0.2, -0.15) is 0 Å². The second-order valence-corrected chi connectivity index (χ2v) is 8.29. The van der Waals surface area contributed by atoms with Crippen LogP contribution in [-0.4, -0.2) is 42.6 Å². The van der Waals surface area contributed by atoms with Crippen LogP contribution < -0.4 is 4.90 Å².